The second-order valence-corrected chi connectivity index (χ2v) is 5.95. The van der Waals surface area contributed by atoms with Crippen LogP contribution >= 0.6 is 11.8 Å². The molecule has 0 saturated heterocycles. The highest BCUT2D eigenvalue weighted by Gasteiger charge is 2.05. The van der Waals surface area contributed by atoms with Crippen LogP contribution in [-0.2, 0) is 6.54 Å². The minimum absolute atomic E-state index is 0.565. The van der Waals surface area contributed by atoms with Crippen molar-refractivity contribution in [3.8, 4) is 0 Å². The molecule has 0 fully saturated rings. The third kappa shape index (κ3) is 5.57. The van der Waals surface area contributed by atoms with Crippen LogP contribution in [0.2, 0.25) is 0 Å². The van der Waals surface area contributed by atoms with Crippen molar-refractivity contribution in [2.75, 3.05) is 25.9 Å². The van der Waals surface area contributed by atoms with Gasteiger partial charge in [0.25, 0.3) is 0 Å². The summed E-state index contributed by atoms with van der Waals surface area (Å²) in [7, 11) is 2.15. The topological polar surface area (TPSA) is 29.3 Å². The molecule has 0 aliphatic carbocycles. The molecule has 0 aliphatic rings. The van der Waals surface area contributed by atoms with Crippen molar-refractivity contribution in [3.63, 3.8) is 0 Å². The van der Waals surface area contributed by atoms with Crippen LogP contribution in [-0.4, -0.2) is 30.8 Å². The van der Waals surface area contributed by atoms with Gasteiger partial charge in [0.1, 0.15) is 0 Å². The Morgan fingerprint density at radius 1 is 1.29 bits per heavy atom. The van der Waals surface area contributed by atoms with Gasteiger partial charge in [-0.05, 0) is 43.0 Å². The van der Waals surface area contributed by atoms with Gasteiger partial charge < -0.3 is 10.6 Å². The summed E-state index contributed by atoms with van der Waals surface area (Å²) in [5.41, 5.74) is 7.01. The van der Waals surface area contributed by atoms with Crippen molar-refractivity contribution < 1.29 is 0 Å². The molecule has 0 bridgehead atoms. The van der Waals surface area contributed by atoms with E-state index in [0.29, 0.717) is 5.92 Å². The minimum atomic E-state index is 0.565. The summed E-state index contributed by atoms with van der Waals surface area (Å²) in [6.07, 6.45) is 0. The predicted octanol–water partition coefficient (Wildman–Crippen LogP) is 2.83. The number of nitrogens with zero attached hydrogens (tertiary/aromatic N) is 1. The van der Waals surface area contributed by atoms with Crippen molar-refractivity contribution in [1.82, 2.24) is 4.90 Å². The monoisotopic (exact) mass is 252 g/mol. The Balaban J connectivity index is 2.45. The molecular weight excluding hydrogens is 228 g/mol. The lowest BCUT2D eigenvalue weighted by atomic mass is 10.1. The van der Waals surface area contributed by atoms with Crippen molar-refractivity contribution in [2.24, 2.45) is 11.7 Å². The van der Waals surface area contributed by atoms with Gasteiger partial charge in [0.2, 0.25) is 0 Å². The molecule has 0 aliphatic heterocycles. The molecule has 0 amide bonds. The summed E-state index contributed by atoms with van der Waals surface area (Å²) in [4.78, 5) is 3.69. The SMILES string of the molecule is CCSc1ccc(CN(C)CC(C)CN)cc1. The van der Waals surface area contributed by atoms with E-state index < -0.39 is 0 Å². The fourth-order valence-electron chi connectivity index (χ4n) is 1.84. The third-order valence-electron chi connectivity index (χ3n) is 2.71. The van der Waals surface area contributed by atoms with Crippen LogP contribution in [0.1, 0.15) is 19.4 Å². The standard InChI is InChI=1S/C14H24N2S/c1-4-17-14-7-5-13(6-8-14)11-16(3)10-12(2)9-15/h5-8,12H,4,9-11,15H2,1-3H3. The highest BCUT2D eigenvalue weighted by atomic mass is 32.2. The Labute approximate surface area is 110 Å². The smallest absolute Gasteiger partial charge is 0.0230 e. The zero-order valence-electron chi connectivity index (χ0n) is 11.1. The van der Waals surface area contributed by atoms with E-state index in [-0.39, 0.29) is 0 Å². The number of hydrogen-bond donors (Lipinski definition) is 1. The molecular formula is C14H24N2S. The fraction of sp³-hybridized carbons (Fsp3) is 0.571. The maximum Gasteiger partial charge on any atom is 0.0230 e. The van der Waals surface area contributed by atoms with Gasteiger partial charge >= 0.3 is 0 Å². The molecule has 0 radical (unpaired) electrons. The summed E-state index contributed by atoms with van der Waals surface area (Å²) < 4.78 is 0. The summed E-state index contributed by atoms with van der Waals surface area (Å²) in [6, 6.07) is 8.87. The summed E-state index contributed by atoms with van der Waals surface area (Å²) in [5, 5.41) is 0. The number of hydrogen-bond acceptors (Lipinski definition) is 3. The molecule has 0 heterocycles. The first-order valence-electron chi connectivity index (χ1n) is 6.26. The molecule has 1 aromatic carbocycles. The van der Waals surface area contributed by atoms with E-state index in [1.807, 2.05) is 11.8 Å². The first-order valence-corrected chi connectivity index (χ1v) is 7.24. The van der Waals surface area contributed by atoms with E-state index in [2.05, 4.69) is 50.1 Å². The highest BCUT2D eigenvalue weighted by molar-refractivity contribution is 7.99. The average Bonchev–Trinajstić information content (AvgIpc) is 2.31. The first-order chi connectivity index (χ1) is 8.15. The highest BCUT2D eigenvalue weighted by Crippen LogP contribution is 2.18. The molecule has 0 saturated carbocycles. The van der Waals surface area contributed by atoms with E-state index in [1.165, 1.54) is 10.5 Å². The van der Waals surface area contributed by atoms with Gasteiger partial charge in [0.05, 0.1) is 0 Å². The minimum Gasteiger partial charge on any atom is -0.330 e. The summed E-state index contributed by atoms with van der Waals surface area (Å²) in [5.74, 6) is 1.70. The Kier molecular flexibility index (Phi) is 6.63. The molecule has 0 spiro atoms. The van der Waals surface area contributed by atoms with Crippen molar-refractivity contribution in [2.45, 2.75) is 25.3 Å². The maximum atomic E-state index is 5.64. The third-order valence-corrected chi connectivity index (χ3v) is 3.61. The maximum absolute atomic E-state index is 5.64. The molecule has 1 rings (SSSR count). The van der Waals surface area contributed by atoms with Crippen LogP contribution in [0.4, 0.5) is 0 Å². The Morgan fingerprint density at radius 2 is 1.94 bits per heavy atom. The summed E-state index contributed by atoms with van der Waals surface area (Å²) in [6.45, 7) is 7.19. The molecule has 2 N–H and O–H groups in total. The zero-order chi connectivity index (χ0) is 12.7. The lowest BCUT2D eigenvalue weighted by Gasteiger charge is -2.20. The van der Waals surface area contributed by atoms with Gasteiger partial charge in [-0.1, -0.05) is 26.0 Å². The molecule has 17 heavy (non-hydrogen) atoms. The van der Waals surface area contributed by atoms with Crippen molar-refractivity contribution in [3.05, 3.63) is 29.8 Å². The summed E-state index contributed by atoms with van der Waals surface area (Å²) >= 11 is 1.89. The van der Waals surface area contributed by atoms with Crippen LogP contribution in [0.3, 0.4) is 0 Å². The number of benzene rings is 1. The van der Waals surface area contributed by atoms with Crippen LogP contribution in [0.25, 0.3) is 0 Å². The van der Waals surface area contributed by atoms with Crippen LogP contribution in [0.15, 0.2) is 29.2 Å². The Morgan fingerprint density at radius 3 is 2.47 bits per heavy atom. The van der Waals surface area contributed by atoms with Gasteiger partial charge in [-0.3, -0.25) is 0 Å². The van der Waals surface area contributed by atoms with Crippen molar-refractivity contribution >= 4 is 11.8 Å². The van der Waals surface area contributed by atoms with Crippen LogP contribution in [0.5, 0.6) is 0 Å². The molecule has 3 heteroatoms. The van der Waals surface area contributed by atoms with E-state index in [4.69, 9.17) is 5.73 Å². The largest absolute Gasteiger partial charge is 0.330 e. The molecule has 1 unspecified atom stereocenters. The van der Waals surface area contributed by atoms with Crippen molar-refractivity contribution in [1.29, 1.82) is 0 Å². The van der Waals surface area contributed by atoms with Gasteiger partial charge in [-0.15, -0.1) is 11.8 Å². The lowest BCUT2D eigenvalue weighted by molar-refractivity contribution is 0.282. The van der Waals surface area contributed by atoms with Gasteiger partial charge in [0.15, 0.2) is 0 Å². The molecule has 2 nitrogen and oxygen atoms in total. The zero-order valence-corrected chi connectivity index (χ0v) is 12.0. The van der Waals surface area contributed by atoms with E-state index in [9.17, 15) is 0 Å². The second kappa shape index (κ2) is 7.75. The van der Waals surface area contributed by atoms with E-state index in [1.54, 1.807) is 0 Å². The molecule has 1 aromatic rings. The number of rotatable bonds is 7. The Hall–Kier alpha value is -0.510. The normalized spacial score (nSPS) is 13.0. The lowest BCUT2D eigenvalue weighted by Crippen LogP contribution is -2.28. The van der Waals surface area contributed by atoms with Gasteiger partial charge in [0, 0.05) is 18.0 Å². The fourth-order valence-corrected chi connectivity index (χ4v) is 2.50. The quantitative estimate of drug-likeness (QED) is 0.757. The molecule has 0 aromatic heterocycles. The molecule has 1 atom stereocenters. The van der Waals surface area contributed by atoms with E-state index in [0.717, 1.165) is 25.4 Å². The average molecular weight is 252 g/mol. The second-order valence-electron chi connectivity index (χ2n) is 4.61. The predicted molar refractivity (Wildman–Crippen MR) is 77.4 cm³/mol. The van der Waals surface area contributed by atoms with Crippen LogP contribution in [0, 0.1) is 5.92 Å². The van der Waals surface area contributed by atoms with Gasteiger partial charge in [-0.2, -0.15) is 0 Å². The number of nitrogens with two attached hydrogens (primary N) is 1. The van der Waals surface area contributed by atoms with Gasteiger partial charge in [-0.25, -0.2) is 0 Å². The molecule has 96 valence electrons. The van der Waals surface area contributed by atoms with E-state index >= 15 is 0 Å². The van der Waals surface area contributed by atoms with Crippen LogP contribution < -0.4 is 5.73 Å². The number of thioether (sulfide) groups is 1. The Bertz CT molecular complexity index is 311. The first kappa shape index (κ1) is 14.6.